The molecule has 1 N–H and O–H groups in total. The molecule has 0 aliphatic carbocycles. The quantitative estimate of drug-likeness (QED) is 0.894. The van der Waals surface area contributed by atoms with Crippen molar-refractivity contribution in [2.45, 2.75) is 32.7 Å². The summed E-state index contributed by atoms with van der Waals surface area (Å²) in [6.45, 7) is 4.29. The molecule has 0 aromatic carbocycles. The van der Waals surface area contributed by atoms with Crippen molar-refractivity contribution in [3.8, 4) is 5.88 Å². The van der Waals surface area contributed by atoms with Crippen LogP contribution in [0.5, 0.6) is 5.88 Å². The maximum Gasteiger partial charge on any atom is 0.221 e. The van der Waals surface area contributed by atoms with Crippen molar-refractivity contribution in [1.29, 1.82) is 0 Å². The molecule has 2 rings (SSSR count). The molecule has 1 aliphatic heterocycles. The number of rotatable bonds is 4. The van der Waals surface area contributed by atoms with E-state index in [1.807, 2.05) is 13.8 Å². The second kappa shape index (κ2) is 5.73. The van der Waals surface area contributed by atoms with Crippen LogP contribution in [-0.4, -0.2) is 42.5 Å². The second-order valence-corrected chi connectivity index (χ2v) is 6.91. The highest BCUT2D eigenvalue weighted by Crippen LogP contribution is 2.23. The van der Waals surface area contributed by atoms with Crippen LogP contribution < -0.4 is 10.1 Å². The van der Waals surface area contributed by atoms with E-state index in [1.165, 1.54) is 6.33 Å². The third-order valence-corrected chi connectivity index (χ3v) is 4.94. The number of hydrogen-bond donors (Lipinski definition) is 1. The number of ether oxygens (including phenoxy) is 1. The fourth-order valence-electron chi connectivity index (χ4n) is 2.19. The van der Waals surface area contributed by atoms with Gasteiger partial charge in [-0.15, -0.1) is 0 Å². The molecule has 0 amide bonds. The molecule has 0 saturated carbocycles. The first-order valence-electron chi connectivity index (χ1n) is 6.43. The van der Waals surface area contributed by atoms with E-state index in [1.54, 1.807) is 0 Å². The molecule has 0 bridgehead atoms. The lowest BCUT2D eigenvalue weighted by atomic mass is 10.2. The molecule has 1 atom stereocenters. The van der Waals surface area contributed by atoms with Gasteiger partial charge >= 0.3 is 0 Å². The van der Waals surface area contributed by atoms with Crippen LogP contribution in [0.15, 0.2) is 6.33 Å². The summed E-state index contributed by atoms with van der Waals surface area (Å²) < 4.78 is 28.6. The molecular weight excluding hydrogens is 266 g/mol. The van der Waals surface area contributed by atoms with Gasteiger partial charge in [-0.05, 0) is 26.7 Å². The average molecular weight is 285 g/mol. The average Bonchev–Trinajstić information content (AvgIpc) is 2.33. The predicted molar refractivity (Wildman–Crippen MR) is 73.2 cm³/mol. The normalized spacial score (nSPS) is 21.9. The van der Waals surface area contributed by atoms with Crippen LogP contribution in [0.4, 0.5) is 5.82 Å². The number of nitrogens with one attached hydrogen (secondary N) is 1. The molecule has 1 aromatic heterocycles. The van der Waals surface area contributed by atoms with E-state index in [-0.39, 0.29) is 17.5 Å². The van der Waals surface area contributed by atoms with Gasteiger partial charge < -0.3 is 10.1 Å². The minimum absolute atomic E-state index is 0.0816. The van der Waals surface area contributed by atoms with Crippen molar-refractivity contribution in [3.63, 3.8) is 0 Å². The number of aromatic nitrogens is 2. The van der Waals surface area contributed by atoms with Gasteiger partial charge in [-0.2, -0.15) is 0 Å². The third-order valence-electron chi connectivity index (χ3n) is 3.12. The van der Waals surface area contributed by atoms with Gasteiger partial charge in [0.2, 0.25) is 5.88 Å². The Morgan fingerprint density at radius 1 is 1.47 bits per heavy atom. The number of anilines is 1. The fourth-order valence-corrected chi connectivity index (χ4v) is 3.83. The minimum atomic E-state index is -2.92. The summed E-state index contributed by atoms with van der Waals surface area (Å²) in [5.74, 6) is 1.65. The molecule has 1 saturated heterocycles. The van der Waals surface area contributed by atoms with Gasteiger partial charge in [0.1, 0.15) is 12.1 Å². The van der Waals surface area contributed by atoms with Crippen LogP contribution in [0, 0.1) is 6.92 Å². The summed E-state index contributed by atoms with van der Waals surface area (Å²) in [6, 6.07) is -0.0816. The van der Waals surface area contributed by atoms with E-state index in [2.05, 4.69) is 15.3 Å². The molecular formula is C12H19N3O3S. The topological polar surface area (TPSA) is 81.2 Å². The Labute approximate surface area is 113 Å². The van der Waals surface area contributed by atoms with Gasteiger partial charge in [-0.3, -0.25) is 0 Å². The largest absolute Gasteiger partial charge is 0.478 e. The van der Waals surface area contributed by atoms with Crippen LogP contribution in [0.1, 0.15) is 25.3 Å². The Balaban J connectivity index is 2.13. The Hall–Kier alpha value is -1.37. The van der Waals surface area contributed by atoms with Crippen LogP contribution in [0.3, 0.4) is 0 Å². The minimum Gasteiger partial charge on any atom is -0.478 e. The zero-order chi connectivity index (χ0) is 13.9. The van der Waals surface area contributed by atoms with Gasteiger partial charge in [0.15, 0.2) is 9.84 Å². The smallest absolute Gasteiger partial charge is 0.221 e. The Kier molecular flexibility index (Phi) is 4.24. The molecule has 1 aromatic rings. The molecule has 2 heterocycles. The van der Waals surface area contributed by atoms with E-state index >= 15 is 0 Å². The van der Waals surface area contributed by atoms with Crippen LogP contribution in [0.2, 0.25) is 0 Å². The van der Waals surface area contributed by atoms with Gasteiger partial charge in [0.25, 0.3) is 0 Å². The Morgan fingerprint density at radius 3 is 2.95 bits per heavy atom. The van der Waals surface area contributed by atoms with Gasteiger partial charge in [-0.25, -0.2) is 18.4 Å². The molecule has 6 nitrogen and oxygen atoms in total. The van der Waals surface area contributed by atoms with Crippen molar-refractivity contribution < 1.29 is 13.2 Å². The van der Waals surface area contributed by atoms with E-state index in [9.17, 15) is 8.42 Å². The molecule has 0 radical (unpaired) electrons. The monoisotopic (exact) mass is 285 g/mol. The zero-order valence-electron chi connectivity index (χ0n) is 11.2. The first kappa shape index (κ1) is 14.0. The van der Waals surface area contributed by atoms with Crippen LogP contribution >= 0.6 is 0 Å². The number of nitrogens with zero attached hydrogens (tertiary/aromatic N) is 2. The zero-order valence-corrected chi connectivity index (χ0v) is 12.0. The Morgan fingerprint density at radius 2 is 2.26 bits per heavy atom. The fraction of sp³-hybridized carbons (Fsp3) is 0.667. The highest BCUT2D eigenvalue weighted by atomic mass is 32.2. The maximum absolute atomic E-state index is 11.6. The lowest BCUT2D eigenvalue weighted by Crippen LogP contribution is -2.35. The van der Waals surface area contributed by atoms with Crippen LogP contribution in [-0.2, 0) is 9.84 Å². The SMILES string of the molecule is CCOc1ncnc(NC2CCCS(=O)(=O)C2)c1C. The summed E-state index contributed by atoms with van der Waals surface area (Å²) >= 11 is 0. The van der Waals surface area contributed by atoms with Crippen LogP contribution in [0.25, 0.3) is 0 Å². The standard InChI is InChI=1S/C12H19N3O3S/c1-3-18-12-9(2)11(13-8-14-12)15-10-5-4-6-19(16,17)7-10/h8,10H,3-7H2,1-2H3,(H,13,14,15). The summed E-state index contributed by atoms with van der Waals surface area (Å²) in [5, 5.41) is 3.19. The molecule has 7 heteroatoms. The molecule has 106 valence electrons. The van der Waals surface area contributed by atoms with Crippen molar-refractivity contribution in [2.75, 3.05) is 23.4 Å². The van der Waals surface area contributed by atoms with E-state index < -0.39 is 9.84 Å². The lowest BCUT2D eigenvalue weighted by molar-refractivity contribution is 0.324. The number of sulfone groups is 1. The highest BCUT2D eigenvalue weighted by Gasteiger charge is 2.25. The first-order chi connectivity index (χ1) is 9.02. The van der Waals surface area contributed by atoms with E-state index in [0.29, 0.717) is 24.7 Å². The first-order valence-corrected chi connectivity index (χ1v) is 8.25. The summed E-state index contributed by atoms with van der Waals surface area (Å²) in [4.78, 5) is 8.22. The molecule has 1 unspecified atom stereocenters. The summed E-state index contributed by atoms with van der Waals surface area (Å²) in [5.41, 5.74) is 0.812. The van der Waals surface area contributed by atoms with Crippen molar-refractivity contribution in [1.82, 2.24) is 9.97 Å². The summed E-state index contributed by atoms with van der Waals surface area (Å²) in [7, 11) is -2.92. The van der Waals surface area contributed by atoms with Gasteiger partial charge in [0.05, 0.1) is 23.7 Å². The molecule has 1 aliphatic rings. The van der Waals surface area contributed by atoms with E-state index in [4.69, 9.17) is 4.74 Å². The maximum atomic E-state index is 11.6. The predicted octanol–water partition coefficient (Wildman–Crippen LogP) is 1.17. The van der Waals surface area contributed by atoms with Crippen molar-refractivity contribution in [2.24, 2.45) is 0 Å². The Bertz CT molecular complexity index is 545. The van der Waals surface area contributed by atoms with Gasteiger partial charge in [-0.1, -0.05) is 0 Å². The number of hydrogen-bond acceptors (Lipinski definition) is 6. The van der Waals surface area contributed by atoms with Crippen molar-refractivity contribution >= 4 is 15.7 Å². The van der Waals surface area contributed by atoms with Gasteiger partial charge in [0, 0.05) is 6.04 Å². The molecule has 1 fully saturated rings. The summed E-state index contributed by atoms with van der Waals surface area (Å²) in [6.07, 6.45) is 2.97. The third kappa shape index (κ3) is 3.56. The molecule has 0 spiro atoms. The van der Waals surface area contributed by atoms with E-state index in [0.717, 1.165) is 12.0 Å². The second-order valence-electron chi connectivity index (χ2n) is 4.68. The lowest BCUT2D eigenvalue weighted by Gasteiger charge is -2.24. The molecule has 19 heavy (non-hydrogen) atoms. The highest BCUT2D eigenvalue weighted by molar-refractivity contribution is 7.91. The van der Waals surface area contributed by atoms with Crippen molar-refractivity contribution in [3.05, 3.63) is 11.9 Å².